The Morgan fingerprint density at radius 2 is 1.23 bits per heavy atom. The van der Waals surface area contributed by atoms with E-state index in [0.717, 1.165) is 60.6 Å². The first kappa shape index (κ1) is 83.1. The van der Waals surface area contributed by atoms with Crippen molar-refractivity contribution >= 4 is 82.5 Å². The summed E-state index contributed by atoms with van der Waals surface area (Å²) < 4.78 is 118. The summed E-state index contributed by atoms with van der Waals surface area (Å²) >= 11 is 6.08. The van der Waals surface area contributed by atoms with Crippen molar-refractivity contribution in [3.63, 3.8) is 0 Å². The highest BCUT2D eigenvalue weighted by Gasteiger charge is 2.55. The number of hydrogen-bond acceptors (Lipinski definition) is 12. The van der Waals surface area contributed by atoms with Gasteiger partial charge in [-0.05, 0) is 93.4 Å². The molecule has 33 heteroatoms. The van der Waals surface area contributed by atoms with Gasteiger partial charge in [0.05, 0.1) is 49.6 Å². The number of hydrogen-bond donors (Lipinski definition) is 3. The lowest BCUT2D eigenvalue weighted by Crippen LogP contribution is -2.65. The van der Waals surface area contributed by atoms with Crippen LogP contribution in [-0.2, 0) is 76.6 Å². The van der Waals surface area contributed by atoms with Gasteiger partial charge in [0.25, 0.3) is 5.92 Å². The molecule has 5 fully saturated rings. The normalized spacial score (nSPS) is 25.8. The molecule has 3 N–H and O–H groups in total. The molecule has 1 spiro atoms. The van der Waals surface area contributed by atoms with Gasteiger partial charge in [-0.2, -0.15) is 26.3 Å². The fourth-order valence-corrected chi connectivity index (χ4v) is 14.9. The minimum Gasteiger partial charge on any atom is -0.343 e. The molecule has 8 atom stereocenters. The van der Waals surface area contributed by atoms with Crippen LogP contribution in [0.2, 0.25) is 5.02 Å². The third kappa shape index (κ3) is 20.7. The Bertz CT molecular complexity index is 3500. The summed E-state index contributed by atoms with van der Waals surface area (Å²) in [5.41, 5.74) is -1.69. The van der Waals surface area contributed by atoms with Crippen LogP contribution in [0.5, 0.6) is 0 Å². The summed E-state index contributed by atoms with van der Waals surface area (Å²) in [5.74, 6) is -17.6. The van der Waals surface area contributed by atoms with Crippen molar-refractivity contribution in [3.8, 4) is 0 Å². The first-order chi connectivity index (χ1) is 48.6. The quantitative estimate of drug-likeness (QED) is 0.240. The second-order valence-corrected chi connectivity index (χ2v) is 29.2. The highest BCUT2D eigenvalue weighted by molar-refractivity contribution is 6.31. The van der Waals surface area contributed by atoms with Gasteiger partial charge in [0.15, 0.2) is 0 Å². The molecule has 24 nitrogen and oxygen atoms in total. The molecule has 0 unspecified atom stereocenters. The molecule has 3 aliphatic heterocycles. The van der Waals surface area contributed by atoms with Crippen molar-refractivity contribution in [2.75, 3.05) is 88.6 Å². The topological polar surface area (TPSA) is 270 Å². The third-order valence-electron chi connectivity index (χ3n) is 21.1. The first-order valence-corrected chi connectivity index (χ1v) is 35.6. The van der Waals surface area contributed by atoms with Gasteiger partial charge >= 0.3 is 12.4 Å². The lowest BCUT2D eigenvalue weighted by atomic mass is 9.81. The van der Waals surface area contributed by atoms with Crippen molar-refractivity contribution in [2.45, 2.75) is 202 Å². The minimum absolute atomic E-state index is 0.1000. The molecular formula is C71H97ClF8N12O12. The number of alkyl halides is 8. The van der Waals surface area contributed by atoms with Gasteiger partial charge < -0.3 is 60.0 Å². The lowest BCUT2D eigenvalue weighted by Gasteiger charge is -2.43. The summed E-state index contributed by atoms with van der Waals surface area (Å²) in [4.78, 5) is 186. The maximum Gasteiger partial charge on any atom is 0.417 e. The van der Waals surface area contributed by atoms with Crippen LogP contribution in [-0.4, -0.2) is 264 Å². The summed E-state index contributed by atoms with van der Waals surface area (Å²) in [6.07, 6.45) is -11.2. The number of aryl methyl sites for hydroxylation is 2. The monoisotopic (exact) mass is 1500 g/mol. The molecule has 2 aromatic rings. The van der Waals surface area contributed by atoms with Crippen LogP contribution in [0.3, 0.4) is 0 Å². The van der Waals surface area contributed by atoms with Crippen LogP contribution in [0.15, 0.2) is 42.5 Å². The standard InChI is InChI=1S/C71H97ClF8N12O12/c1-11-43(3)58-65(102)86(6)39-56(95)84(4)40-57(96)87(7)50(34-45-23-21-42(2)22-24-45)63(100)85(5)38-54(93)81-49(28-26-44-25-27-47(48(72)33-44)71(78,79)80)62(99)92-41-69(73,74)36-53(92)61(98)83-68(29-15-16-30-68)67(104)90(10)59(46-19-13-12-14-20-46)66(103)89(9)51(64(101)91-31-17-18-32-91)35-55(94)88(8)52(60(97)82-58)37-70(75,76)77/h21-25,27,33,43,46,49-53,58-59H,11-20,26,28-32,34-41H2,1-10H3,(H,81,93)(H,82,97)(H,83,98)/t43-,49-,50-,51-,52-,53-,58-,59-/m0/s1. The molecule has 3 heterocycles. The Hall–Kier alpha value is -8.19. The highest BCUT2D eigenvalue weighted by atomic mass is 35.5. The van der Waals surface area contributed by atoms with Crippen LogP contribution in [0.1, 0.15) is 139 Å². The number of carbonyl (C=O) groups excluding carboxylic acids is 12. The average Bonchev–Trinajstić information content (AvgIpc) is 1.31. The van der Waals surface area contributed by atoms with Crippen LogP contribution in [0, 0.1) is 18.8 Å². The van der Waals surface area contributed by atoms with Gasteiger partial charge in [0.2, 0.25) is 70.9 Å². The van der Waals surface area contributed by atoms with E-state index in [-0.39, 0.29) is 63.6 Å². The van der Waals surface area contributed by atoms with E-state index in [9.17, 15) is 64.7 Å². The number of amides is 12. The second-order valence-electron chi connectivity index (χ2n) is 28.8. The maximum atomic E-state index is 16.2. The SMILES string of the molecule is CC[C@H](C)[C@@H]1NC(=O)[C@H](CC(F)(F)F)N(C)C(=O)C[C@@H](C(=O)N2CCCC2)N(C)C(=O)[C@H](C2CCCCC2)N(C)C(=O)C2(CCCC2)NC(=O)[C@@H]2CC(F)(F)CN2C(=O)[C@H](CCc2ccc(C(F)(F)F)c(Cl)c2)NC(=O)CN(C)C(=O)[C@H](Cc2ccc(C)cc2)N(C)C(=O)CN(C)C(=O)CN(C)C1=O. The van der Waals surface area contributed by atoms with Crippen molar-refractivity contribution < 1.29 is 92.7 Å². The Balaban J connectivity index is 1.32. The third-order valence-corrected chi connectivity index (χ3v) is 21.4. The summed E-state index contributed by atoms with van der Waals surface area (Å²) in [6, 6.07) is -3.10. The van der Waals surface area contributed by atoms with E-state index in [0.29, 0.717) is 60.0 Å². The number of nitrogens with one attached hydrogen (secondary N) is 3. The molecule has 5 aliphatic rings. The minimum atomic E-state index is -5.14. The molecule has 2 saturated carbocycles. The number of nitrogens with zero attached hydrogens (tertiary/aromatic N) is 9. The number of benzene rings is 2. The molecule has 104 heavy (non-hydrogen) atoms. The molecular weight excluding hydrogens is 1400 g/mol. The number of fused-ring (bicyclic) bond motifs is 1. The summed E-state index contributed by atoms with van der Waals surface area (Å²) in [6.45, 7) is 1.46. The van der Waals surface area contributed by atoms with E-state index in [4.69, 9.17) is 11.6 Å². The van der Waals surface area contributed by atoms with E-state index < -0.39 is 211 Å². The fourth-order valence-electron chi connectivity index (χ4n) is 14.6. The van der Waals surface area contributed by atoms with E-state index in [1.165, 1.54) is 54.1 Å². The smallest absolute Gasteiger partial charge is 0.343 e. The zero-order valence-electron chi connectivity index (χ0n) is 60.5. The Labute approximate surface area is 605 Å². The predicted molar refractivity (Wildman–Crippen MR) is 364 cm³/mol. The number of likely N-dealkylation sites (tertiary alicyclic amines) is 1. The first-order valence-electron chi connectivity index (χ1n) is 35.2. The van der Waals surface area contributed by atoms with Crippen molar-refractivity contribution in [1.82, 2.24) is 60.0 Å². The second kappa shape index (κ2) is 34.8. The highest BCUT2D eigenvalue weighted by Crippen LogP contribution is 2.40. The molecule has 0 bridgehead atoms. The van der Waals surface area contributed by atoms with Gasteiger partial charge in [-0.3, -0.25) is 57.5 Å². The number of rotatable bonds is 10. The molecule has 576 valence electrons. The van der Waals surface area contributed by atoms with E-state index in [1.807, 2.05) is 0 Å². The van der Waals surface area contributed by atoms with Crippen LogP contribution < -0.4 is 16.0 Å². The van der Waals surface area contributed by atoms with E-state index >= 15 is 28.0 Å². The van der Waals surface area contributed by atoms with Crippen molar-refractivity contribution in [1.29, 1.82) is 0 Å². The molecule has 7 rings (SSSR count). The summed E-state index contributed by atoms with van der Waals surface area (Å²) in [7, 11) is 8.20. The van der Waals surface area contributed by atoms with Crippen molar-refractivity contribution in [3.05, 3.63) is 69.7 Å². The zero-order chi connectivity index (χ0) is 77.2. The largest absolute Gasteiger partial charge is 0.417 e. The molecule has 2 aliphatic carbocycles. The predicted octanol–water partition coefficient (Wildman–Crippen LogP) is 5.77. The van der Waals surface area contributed by atoms with Gasteiger partial charge in [-0.15, -0.1) is 0 Å². The van der Waals surface area contributed by atoms with Crippen LogP contribution in [0.4, 0.5) is 35.1 Å². The van der Waals surface area contributed by atoms with Crippen LogP contribution in [0.25, 0.3) is 0 Å². The molecule has 12 amide bonds. The lowest BCUT2D eigenvalue weighted by molar-refractivity contribution is -0.163. The average molecular weight is 1500 g/mol. The van der Waals surface area contributed by atoms with E-state index in [1.54, 1.807) is 38.1 Å². The Morgan fingerprint density at radius 1 is 0.644 bits per heavy atom. The maximum absolute atomic E-state index is 16.2. The van der Waals surface area contributed by atoms with Crippen molar-refractivity contribution in [2.24, 2.45) is 11.8 Å². The number of carbonyl (C=O) groups is 12. The number of halogens is 9. The molecule has 0 radical (unpaired) electrons. The van der Waals surface area contributed by atoms with E-state index in [2.05, 4.69) is 16.0 Å². The number of likely N-dealkylation sites (N-methyl/N-ethyl adjacent to an activating group) is 7. The zero-order valence-corrected chi connectivity index (χ0v) is 61.3. The Kier molecular flexibility index (Phi) is 27.8. The van der Waals surface area contributed by atoms with Gasteiger partial charge in [-0.25, -0.2) is 8.78 Å². The fraction of sp³-hybridized carbons (Fsp3) is 0.662. The Morgan fingerprint density at radius 3 is 1.82 bits per heavy atom. The van der Waals surface area contributed by atoms with Gasteiger partial charge in [0, 0.05) is 75.3 Å². The van der Waals surface area contributed by atoms with Gasteiger partial charge in [-0.1, -0.05) is 99.9 Å². The van der Waals surface area contributed by atoms with Gasteiger partial charge in [0.1, 0.15) is 47.8 Å². The summed E-state index contributed by atoms with van der Waals surface area (Å²) in [5, 5.41) is 6.85. The van der Waals surface area contributed by atoms with Crippen LogP contribution >= 0.6 is 11.6 Å². The molecule has 0 aromatic heterocycles. The molecule has 3 saturated heterocycles. The molecule has 2 aromatic carbocycles.